The van der Waals surface area contributed by atoms with E-state index >= 15 is 0 Å². The van der Waals surface area contributed by atoms with Crippen LogP contribution in [-0.2, 0) is 16.0 Å². The molecule has 0 spiro atoms. The van der Waals surface area contributed by atoms with Gasteiger partial charge in [0.2, 0.25) is 11.8 Å². The third kappa shape index (κ3) is 4.55. The van der Waals surface area contributed by atoms with Gasteiger partial charge in [0.05, 0.1) is 12.1 Å². The fraction of sp³-hybridized carbons (Fsp3) is 0.364. The van der Waals surface area contributed by atoms with E-state index < -0.39 is 18.2 Å². The Labute approximate surface area is 159 Å². The van der Waals surface area contributed by atoms with Gasteiger partial charge in [0.15, 0.2) is 0 Å². The van der Waals surface area contributed by atoms with E-state index in [1.165, 1.54) is 0 Å². The second-order valence-corrected chi connectivity index (χ2v) is 7.47. The van der Waals surface area contributed by atoms with Crippen LogP contribution in [0.3, 0.4) is 0 Å². The predicted octanol–water partition coefficient (Wildman–Crippen LogP) is 2.66. The molecule has 0 aliphatic heterocycles. The zero-order valence-corrected chi connectivity index (χ0v) is 15.7. The minimum Gasteiger partial charge on any atom is -0.390 e. The number of hydrogen-bond donors (Lipinski definition) is 3. The van der Waals surface area contributed by atoms with Gasteiger partial charge in [-0.2, -0.15) is 0 Å². The summed E-state index contributed by atoms with van der Waals surface area (Å²) in [7, 11) is 0. The summed E-state index contributed by atoms with van der Waals surface area (Å²) >= 11 is 0. The van der Waals surface area contributed by atoms with Crippen molar-refractivity contribution in [3.05, 3.63) is 71.3 Å². The number of amides is 2. The van der Waals surface area contributed by atoms with Gasteiger partial charge in [-0.3, -0.25) is 9.59 Å². The van der Waals surface area contributed by atoms with Crippen LogP contribution in [0.1, 0.15) is 49.0 Å². The first-order chi connectivity index (χ1) is 13.0. The lowest BCUT2D eigenvalue weighted by Crippen LogP contribution is -2.43. The number of rotatable bonds is 6. The van der Waals surface area contributed by atoms with Crippen molar-refractivity contribution in [2.75, 3.05) is 0 Å². The lowest BCUT2D eigenvalue weighted by Gasteiger charge is -2.24. The molecule has 0 saturated carbocycles. The maximum atomic E-state index is 13.0. The third-order valence-corrected chi connectivity index (χ3v) is 4.80. The molecule has 0 aromatic heterocycles. The number of aliphatic hydroxyl groups is 1. The van der Waals surface area contributed by atoms with Gasteiger partial charge in [0.1, 0.15) is 6.04 Å². The van der Waals surface area contributed by atoms with Crippen LogP contribution in [0.25, 0.3) is 0 Å². The molecule has 0 fully saturated rings. The lowest BCUT2D eigenvalue weighted by atomic mass is 10.0. The highest BCUT2D eigenvalue weighted by molar-refractivity contribution is 5.89. The first-order valence-electron chi connectivity index (χ1n) is 9.36. The largest absolute Gasteiger partial charge is 0.390 e. The number of fused-ring (bicyclic) bond motifs is 1. The van der Waals surface area contributed by atoms with Crippen LogP contribution >= 0.6 is 0 Å². The molecule has 1 aliphatic rings. The second-order valence-electron chi connectivity index (χ2n) is 7.47. The van der Waals surface area contributed by atoms with Gasteiger partial charge < -0.3 is 15.7 Å². The molecule has 2 aromatic rings. The standard InChI is InChI=1S/C22H26N2O3/c1-14(2)12-19(26)23-20(15-8-4-3-5-9-15)22(27)24-21-17-11-7-6-10-16(17)13-18(21)25/h3-11,14,18,20-21,25H,12-13H2,1-2H3,(H,23,26)(H,24,27). The van der Waals surface area contributed by atoms with Gasteiger partial charge in [0, 0.05) is 12.8 Å². The molecule has 0 heterocycles. The molecule has 2 amide bonds. The molecule has 142 valence electrons. The molecule has 3 atom stereocenters. The number of carbonyl (C=O) groups is 2. The van der Waals surface area contributed by atoms with Crippen molar-refractivity contribution in [1.29, 1.82) is 0 Å². The molecule has 0 radical (unpaired) electrons. The van der Waals surface area contributed by atoms with Crippen LogP contribution in [0.2, 0.25) is 0 Å². The van der Waals surface area contributed by atoms with E-state index in [-0.39, 0.29) is 17.7 Å². The molecule has 1 aliphatic carbocycles. The number of benzene rings is 2. The Balaban J connectivity index is 1.80. The Hall–Kier alpha value is -2.66. The number of carbonyl (C=O) groups excluding carboxylic acids is 2. The monoisotopic (exact) mass is 366 g/mol. The van der Waals surface area contributed by atoms with Gasteiger partial charge >= 0.3 is 0 Å². The van der Waals surface area contributed by atoms with Crippen molar-refractivity contribution in [3.63, 3.8) is 0 Å². The van der Waals surface area contributed by atoms with Crippen molar-refractivity contribution in [3.8, 4) is 0 Å². The third-order valence-electron chi connectivity index (χ3n) is 4.80. The SMILES string of the molecule is CC(C)CC(=O)NC(C(=O)NC1c2ccccc2CC1O)c1ccccc1. The topological polar surface area (TPSA) is 78.4 Å². The highest BCUT2D eigenvalue weighted by Crippen LogP contribution is 2.31. The maximum Gasteiger partial charge on any atom is 0.247 e. The molecule has 3 unspecified atom stereocenters. The van der Waals surface area contributed by atoms with Crippen molar-refractivity contribution >= 4 is 11.8 Å². The molecule has 2 aromatic carbocycles. The van der Waals surface area contributed by atoms with E-state index in [1.54, 1.807) is 0 Å². The summed E-state index contributed by atoms with van der Waals surface area (Å²) in [6.45, 7) is 3.92. The Morgan fingerprint density at radius 2 is 1.74 bits per heavy atom. The normalized spacial score (nSPS) is 19.4. The molecular weight excluding hydrogens is 340 g/mol. The molecule has 3 N–H and O–H groups in total. The van der Waals surface area contributed by atoms with Gasteiger partial charge in [-0.15, -0.1) is 0 Å². The number of hydrogen-bond acceptors (Lipinski definition) is 3. The van der Waals surface area contributed by atoms with E-state index in [2.05, 4.69) is 10.6 Å². The maximum absolute atomic E-state index is 13.0. The van der Waals surface area contributed by atoms with E-state index in [4.69, 9.17) is 0 Å². The van der Waals surface area contributed by atoms with E-state index in [0.29, 0.717) is 18.4 Å². The predicted molar refractivity (Wildman–Crippen MR) is 104 cm³/mol. The van der Waals surface area contributed by atoms with Crippen LogP contribution in [0.15, 0.2) is 54.6 Å². The van der Waals surface area contributed by atoms with Gasteiger partial charge in [-0.1, -0.05) is 68.4 Å². The number of aliphatic hydroxyl groups excluding tert-OH is 1. The van der Waals surface area contributed by atoms with Crippen LogP contribution in [0, 0.1) is 5.92 Å². The van der Waals surface area contributed by atoms with Gasteiger partial charge in [-0.05, 0) is 22.6 Å². The van der Waals surface area contributed by atoms with Crippen LogP contribution in [-0.4, -0.2) is 23.0 Å². The molecule has 5 nitrogen and oxygen atoms in total. The first kappa shape index (κ1) is 19.1. The minimum atomic E-state index is -0.794. The van der Waals surface area contributed by atoms with Crippen molar-refractivity contribution < 1.29 is 14.7 Å². The Bertz CT molecular complexity index is 804. The van der Waals surface area contributed by atoms with Gasteiger partial charge in [0.25, 0.3) is 0 Å². The molecule has 3 rings (SSSR count). The molecule has 27 heavy (non-hydrogen) atoms. The quantitative estimate of drug-likeness (QED) is 0.735. The smallest absolute Gasteiger partial charge is 0.247 e. The van der Waals surface area contributed by atoms with E-state index in [9.17, 15) is 14.7 Å². The minimum absolute atomic E-state index is 0.165. The lowest BCUT2D eigenvalue weighted by molar-refractivity contribution is -0.130. The summed E-state index contributed by atoms with van der Waals surface area (Å²) in [6, 6.07) is 15.6. The summed E-state index contributed by atoms with van der Waals surface area (Å²) in [5.41, 5.74) is 2.68. The molecular formula is C22H26N2O3. The number of nitrogens with one attached hydrogen (secondary N) is 2. The summed E-state index contributed by atoms with van der Waals surface area (Å²) in [6.07, 6.45) is 0.191. The molecule has 0 bridgehead atoms. The second kappa shape index (κ2) is 8.35. The van der Waals surface area contributed by atoms with Crippen LogP contribution in [0.4, 0.5) is 0 Å². The van der Waals surface area contributed by atoms with Crippen molar-refractivity contribution in [1.82, 2.24) is 10.6 Å². The molecule has 0 saturated heterocycles. The Morgan fingerprint density at radius 3 is 2.44 bits per heavy atom. The van der Waals surface area contributed by atoms with Crippen LogP contribution in [0.5, 0.6) is 0 Å². The summed E-state index contributed by atoms with van der Waals surface area (Å²) in [5.74, 6) is -0.284. The molecule has 5 heteroatoms. The Kier molecular flexibility index (Phi) is 5.91. The fourth-order valence-corrected chi connectivity index (χ4v) is 3.52. The summed E-state index contributed by atoms with van der Waals surface area (Å²) in [4.78, 5) is 25.3. The zero-order chi connectivity index (χ0) is 19.4. The van der Waals surface area contributed by atoms with Crippen LogP contribution < -0.4 is 10.6 Å². The average molecular weight is 366 g/mol. The highest BCUT2D eigenvalue weighted by Gasteiger charge is 2.34. The van der Waals surface area contributed by atoms with Crippen molar-refractivity contribution in [2.45, 2.75) is 44.9 Å². The average Bonchev–Trinajstić information content (AvgIpc) is 2.95. The summed E-state index contributed by atoms with van der Waals surface area (Å²) in [5, 5.41) is 16.2. The van der Waals surface area contributed by atoms with E-state index in [1.807, 2.05) is 68.4 Å². The Morgan fingerprint density at radius 1 is 1.07 bits per heavy atom. The van der Waals surface area contributed by atoms with Crippen molar-refractivity contribution in [2.24, 2.45) is 5.92 Å². The van der Waals surface area contributed by atoms with E-state index in [0.717, 1.165) is 11.1 Å². The fourth-order valence-electron chi connectivity index (χ4n) is 3.52. The van der Waals surface area contributed by atoms with Gasteiger partial charge in [-0.25, -0.2) is 0 Å². The summed E-state index contributed by atoms with van der Waals surface area (Å²) < 4.78 is 0. The zero-order valence-electron chi connectivity index (χ0n) is 15.7. The first-order valence-corrected chi connectivity index (χ1v) is 9.36. The highest BCUT2D eigenvalue weighted by atomic mass is 16.3.